The van der Waals surface area contributed by atoms with Crippen LogP contribution in [0.3, 0.4) is 0 Å². The van der Waals surface area contributed by atoms with Crippen LogP contribution >= 0.6 is 12.6 Å². The number of hydrogen-bond donors (Lipinski definition) is 9. The van der Waals surface area contributed by atoms with Gasteiger partial charge in [-0.2, -0.15) is 12.6 Å². The number of phenolic OH excluding ortho intramolecular Hbond substituents is 2. The van der Waals surface area contributed by atoms with Crippen molar-refractivity contribution in [1.29, 1.82) is 0 Å². The van der Waals surface area contributed by atoms with Crippen LogP contribution in [-0.4, -0.2) is 80.1 Å². The summed E-state index contributed by atoms with van der Waals surface area (Å²) in [5.41, 5.74) is 7.14. The number of nitrogens with two attached hydrogens (primary N) is 1. The highest BCUT2D eigenvalue weighted by molar-refractivity contribution is 7.80. The Morgan fingerprint density at radius 2 is 1.26 bits per heavy atom. The molecule has 0 bridgehead atoms. The van der Waals surface area contributed by atoms with Crippen LogP contribution in [0.25, 0.3) is 0 Å². The molecule has 0 saturated heterocycles. The third-order valence-corrected chi connectivity index (χ3v) is 5.96. The first-order chi connectivity index (χ1) is 17.9. The first-order valence-corrected chi connectivity index (χ1v) is 12.3. The maximum atomic E-state index is 12.8. The number of aromatic hydroxyl groups is 2. The van der Waals surface area contributed by atoms with Crippen LogP contribution in [0.15, 0.2) is 48.5 Å². The van der Waals surface area contributed by atoms with Crippen LogP contribution in [0.2, 0.25) is 0 Å². The van der Waals surface area contributed by atoms with E-state index in [0.717, 1.165) is 0 Å². The highest BCUT2D eigenvalue weighted by Crippen LogP contribution is 2.12. The Bertz CT molecular complexity index is 1110. The van der Waals surface area contributed by atoms with Gasteiger partial charge in [0, 0.05) is 12.2 Å². The minimum atomic E-state index is -1.53. The van der Waals surface area contributed by atoms with E-state index in [1.54, 1.807) is 12.1 Å². The van der Waals surface area contributed by atoms with E-state index in [1.165, 1.54) is 43.3 Å². The summed E-state index contributed by atoms with van der Waals surface area (Å²) in [6, 6.07) is 6.68. The van der Waals surface area contributed by atoms with Crippen LogP contribution in [0.4, 0.5) is 0 Å². The van der Waals surface area contributed by atoms with E-state index in [1.807, 2.05) is 0 Å². The second-order valence-corrected chi connectivity index (χ2v) is 9.08. The molecule has 38 heavy (non-hydrogen) atoms. The van der Waals surface area contributed by atoms with Crippen LogP contribution in [-0.2, 0) is 32.0 Å². The number of aliphatic carboxylic acids is 1. The Morgan fingerprint density at radius 3 is 1.71 bits per heavy atom. The number of nitrogens with one attached hydrogen (secondary N) is 3. The number of benzene rings is 2. The lowest BCUT2D eigenvalue weighted by Crippen LogP contribution is -2.60. The standard InChI is InChI=1S/C25H32N4O8S/c1-13(30)21(24(35)27-19(25(36)37)11-15-4-8-17(32)9-5-15)29-23(34)20(12-38)28-22(33)18(26)10-14-2-6-16(31)7-3-14/h2-9,13,18-21,30-32,38H,10-12,26H2,1H3,(H,27,35)(H,28,33)(H,29,34)(H,36,37). The van der Waals surface area contributed by atoms with Gasteiger partial charge in [0.15, 0.2) is 0 Å². The van der Waals surface area contributed by atoms with Crippen molar-refractivity contribution in [3.8, 4) is 11.5 Å². The maximum Gasteiger partial charge on any atom is 0.326 e. The Balaban J connectivity index is 2.02. The van der Waals surface area contributed by atoms with E-state index in [0.29, 0.717) is 11.1 Å². The lowest BCUT2D eigenvalue weighted by Gasteiger charge is -2.26. The molecular weight excluding hydrogens is 516 g/mol. The predicted molar refractivity (Wildman–Crippen MR) is 141 cm³/mol. The summed E-state index contributed by atoms with van der Waals surface area (Å²) < 4.78 is 0. The summed E-state index contributed by atoms with van der Waals surface area (Å²) in [5.74, 6) is -3.89. The largest absolute Gasteiger partial charge is 0.508 e. The molecule has 2 aromatic rings. The number of phenols is 2. The molecular formula is C25H32N4O8S. The van der Waals surface area contributed by atoms with E-state index in [4.69, 9.17) is 5.73 Å². The number of carboxylic acids is 1. The van der Waals surface area contributed by atoms with E-state index < -0.39 is 54.0 Å². The third kappa shape index (κ3) is 9.25. The van der Waals surface area contributed by atoms with E-state index in [9.17, 15) is 39.6 Å². The minimum absolute atomic E-state index is 0.00585. The molecule has 0 saturated carbocycles. The smallest absolute Gasteiger partial charge is 0.326 e. The van der Waals surface area contributed by atoms with Crippen LogP contribution in [0.1, 0.15) is 18.1 Å². The van der Waals surface area contributed by atoms with Crippen LogP contribution in [0, 0.1) is 0 Å². The topological polar surface area (TPSA) is 211 Å². The monoisotopic (exact) mass is 548 g/mol. The zero-order valence-electron chi connectivity index (χ0n) is 20.6. The lowest BCUT2D eigenvalue weighted by molar-refractivity contribution is -0.143. The molecule has 0 radical (unpaired) electrons. The molecule has 0 aliphatic heterocycles. The van der Waals surface area contributed by atoms with Crippen molar-refractivity contribution >= 4 is 36.3 Å². The van der Waals surface area contributed by atoms with E-state index in [-0.39, 0.29) is 30.1 Å². The molecule has 2 rings (SSSR count). The third-order valence-electron chi connectivity index (χ3n) is 5.60. The first kappa shape index (κ1) is 30.4. The zero-order chi connectivity index (χ0) is 28.4. The van der Waals surface area contributed by atoms with Crippen molar-refractivity contribution in [3.63, 3.8) is 0 Å². The Hall–Kier alpha value is -3.81. The minimum Gasteiger partial charge on any atom is -0.508 e. The number of thiol groups is 1. The van der Waals surface area contributed by atoms with E-state index in [2.05, 4.69) is 28.6 Å². The molecule has 9 N–H and O–H groups in total. The molecule has 0 heterocycles. The maximum absolute atomic E-state index is 12.8. The van der Waals surface area contributed by atoms with Crippen molar-refractivity contribution in [2.75, 3.05) is 5.75 Å². The van der Waals surface area contributed by atoms with Gasteiger partial charge in [0.1, 0.15) is 29.6 Å². The number of amides is 3. The Morgan fingerprint density at radius 1 is 0.789 bits per heavy atom. The van der Waals surface area contributed by atoms with Crippen molar-refractivity contribution in [1.82, 2.24) is 16.0 Å². The molecule has 0 spiro atoms. The summed E-state index contributed by atoms with van der Waals surface area (Å²) >= 11 is 4.08. The summed E-state index contributed by atoms with van der Waals surface area (Å²) in [6.07, 6.45) is -1.39. The average Bonchev–Trinajstić information content (AvgIpc) is 2.87. The molecule has 0 aliphatic carbocycles. The van der Waals surface area contributed by atoms with E-state index >= 15 is 0 Å². The van der Waals surface area contributed by atoms with Gasteiger partial charge < -0.3 is 42.1 Å². The molecule has 5 atom stereocenters. The fourth-order valence-corrected chi connectivity index (χ4v) is 3.70. The molecule has 5 unspecified atom stereocenters. The average molecular weight is 549 g/mol. The number of aliphatic hydroxyl groups excluding tert-OH is 1. The van der Waals surface area contributed by atoms with Crippen molar-refractivity contribution in [2.45, 2.75) is 50.0 Å². The second-order valence-electron chi connectivity index (χ2n) is 8.72. The summed E-state index contributed by atoms with van der Waals surface area (Å²) in [7, 11) is 0. The quantitative estimate of drug-likeness (QED) is 0.141. The van der Waals surface area contributed by atoms with Crippen molar-refractivity contribution in [3.05, 3.63) is 59.7 Å². The van der Waals surface area contributed by atoms with Gasteiger partial charge in [0.25, 0.3) is 0 Å². The molecule has 12 nitrogen and oxygen atoms in total. The lowest BCUT2D eigenvalue weighted by atomic mass is 10.0. The molecule has 206 valence electrons. The fourth-order valence-electron chi connectivity index (χ4n) is 3.44. The molecule has 0 aromatic heterocycles. The second kappa shape index (κ2) is 14.2. The number of hydrogen-bond acceptors (Lipinski definition) is 9. The van der Waals surface area contributed by atoms with Gasteiger partial charge in [-0.1, -0.05) is 24.3 Å². The Labute approximate surface area is 224 Å². The van der Waals surface area contributed by atoms with Crippen molar-refractivity contribution < 1.29 is 39.6 Å². The number of carbonyl (C=O) groups excluding carboxylic acids is 3. The van der Waals surface area contributed by atoms with Gasteiger partial charge >= 0.3 is 5.97 Å². The predicted octanol–water partition coefficient (Wildman–Crippen LogP) is -0.940. The van der Waals surface area contributed by atoms with Gasteiger partial charge in [0.2, 0.25) is 17.7 Å². The van der Waals surface area contributed by atoms with Gasteiger partial charge in [-0.05, 0) is 48.7 Å². The summed E-state index contributed by atoms with van der Waals surface area (Å²) in [4.78, 5) is 49.9. The molecule has 0 aliphatic rings. The van der Waals surface area contributed by atoms with Crippen LogP contribution in [0.5, 0.6) is 11.5 Å². The van der Waals surface area contributed by atoms with Gasteiger partial charge in [0.05, 0.1) is 12.1 Å². The van der Waals surface area contributed by atoms with Crippen molar-refractivity contribution in [2.24, 2.45) is 5.73 Å². The fraction of sp³-hybridized carbons (Fsp3) is 0.360. The normalized spacial score (nSPS) is 14.8. The first-order valence-electron chi connectivity index (χ1n) is 11.7. The van der Waals surface area contributed by atoms with Gasteiger partial charge in [-0.25, -0.2) is 4.79 Å². The zero-order valence-corrected chi connectivity index (χ0v) is 21.5. The summed E-state index contributed by atoms with van der Waals surface area (Å²) in [6.45, 7) is 1.24. The van der Waals surface area contributed by atoms with Crippen LogP contribution < -0.4 is 21.7 Å². The van der Waals surface area contributed by atoms with Gasteiger partial charge in [-0.15, -0.1) is 0 Å². The molecule has 3 amide bonds. The SMILES string of the molecule is CC(O)C(NC(=O)C(CS)NC(=O)C(N)Cc1ccc(O)cc1)C(=O)NC(Cc1ccc(O)cc1)C(=O)O. The number of carbonyl (C=O) groups is 4. The number of aliphatic hydroxyl groups is 1. The Kier molecular flexibility index (Phi) is 11.4. The number of rotatable bonds is 13. The molecule has 0 fully saturated rings. The summed E-state index contributed by atoms with van der Waals surface area (Å²) in [5, 5.41) is 45.5. The molecule has 2 aromatic carbocycles. The highest BCUT2D eigenvalue weighted by atomic mass is 32.1. The highest BCUT2D eigenvalue weighted by Gasteiger charge is 2.32. The van der Waals surface area contributed by atoms with Gasteiger partial charge in [-0.3, -0.25) is 14.4 Å². The molecule has 13 heteroatoms. The number of carboxylic acid groups (broad SMARTS) is 1.